The van der Waals surface area contributed by atoms with E-state index in [0.29, 0.717) is 18.0 Å². The SMILES string of the molecule is CCOc1ccc(NC(=O)CNC(=O)c2cscn2)cc1. The number of hydrogen-bond donors (Lipinski definition) is 2. The van der Waals surface area contributed by atoms with Crippen LogP contribution in [0.15, 0.2) is 35.2 Å². The van der Waals surface area contributed by atoms with Crippen molar-refractivity contribution in [2.75, 3.05) is 18.5 Å². The normalized spacial score (nSPS) is 9.95. The molecule has 0 saturated heterocycles. The summed E-state index contributed by atoms with van der Waals surface area (Å²) in [4.78, 5) is 27.2. The Morgan fingerprint density at radius 2 is 2.05 bits per heavy atom. The van der Waals surface area contributed by atoms with Gasteiger partial charge in [-0.3, -0.25) is 9.59 Å². The molecule has 21 heavy (non-hydrogen) atoms. The lowest BCUT2D eigenvalue weighted by Crippen LogP contribution is -2.32. The van der Waals surface area contributed by atoms with E-state index in [1.165, 1.54) is 11.3 Å². The molecule has 1 aromatic heterocycles. The van der Waals surface area contributed by atoms with Crippen LogP contribution in [0.1, 0.15) is 17.4 Å². The van der Waals surface area contributed by atoms with Gasteiger partial charge in [0, 0.05) is 11.1 Å². The van der Waals surface area contributed by atoms with Crippen molar-refractivity contribution in [3.05, 3.63) is 40.8 Å². The van der Waals surface area contributed by atoms with E-state index in [2.05, 4.69) is 15.6 Å². The second-order valence-electron chi connectivity index (χ2n) is 4.06. The third kappa shape index (κ3) is 4.57. The highest BCUT2D eigenvalue weighted by Gasteiger charge is 2.09. The summed E-state index contributed by atoms with van der Waals surface area (Å²) in [7, 11) is 0. The Morgan fingerprint density at radius 3 is 2.67 bits per heavy atom. The van der Waals surface area contributed by atoms with E-state index in [1.807, 2.05) is 6.92 Å². The number of anilines is 1. The molecule has 0 aliphatic heterocycles. The first-order valence-corrected chi connectivity index (χ1v) is 7.32. The Bertz CT molecular complexity index is 596. The average molecular weight is 305 g/mol. The summed E-state index contributed by atoms with van der Waals surface area (Å²) in [5, 5.41) is 6.81. The molecule has 0 spiro atoms. The Hall–Kier alpha value is -2.41. The standard InChI is InChI=1S/C14H15N3O3S/c1-2-20-11-5-3-10(4-6-11)17-13(18)7-15-14(19)12-8-21-9-16-12/h3-6,8-9H,2,7H2,1H3,(H,15,19)(H,17,18). The van der Waals surface area contributed by atoms with Gasteiger partial charge in [0.2, 0.25) is 5.91 Å². The van der Waals surface area contributed by atoms with E-state index < -0.39 is 0 Å². The fourth-order valence-corrected chi connectivity index (χ4v) is 2.11. The van der Waals surface area contributed by atoms with Crippen molar-refractivity contribution in [3.63, 3.8) is 0 Å². The molecule has 6 nitrogen and oxygen atoms in total. The second-order valence-corrected chi connectivity index (χ2v) is 4.78. The van der Waals surface area contributed by atoms with Gasteiger partial charge in [-0.2, -0.15) is 0 Å². The highest BCUT2D eigenvalue weighted by Crippen LogP contribution is 2.15. The van der Waals surface area contributed by atoms with Crippen molar-refractivity contribution in [2.45, 2.75) is 6.92 Å². The number of carbonyl (C=O) groups excluding carboxylic acids is 2. The summed E-state index contributed by atoms with van der Waals surface area (Å²) in [6, 6.07) is 7.02. The molecule has 2 rings (SSSR count). The molecular weight excluding hydrogens is 290 g/mol. The largest absolute Gasteiger partial charge is 0.494 e. The van der Waals surface area contributed by atoms with Crippen LogP contribution in [0.25, 0.3) is 0 Å². The highest BCUT2D eigenvalue weighted by molar-refractivity contribution is 7.07. The maximum absolute atomic E-state index is 11.7. The van der Waals surface area contributed by atoms with Gasteiger partial charge in [-0.15, -0.1) is 11.3 Å². The topological polar surface area (TPSA) is 80.3 Å². The van der Waals surface area contributed by atoms with Crippen LogP contribution in [0.2, 0.25) is 0 Å². The zero-order valence-corrected chi connectivity index (χ0v) is 12.3. The predicted octanol–water partition coefficient (Wildman–Crippen LogP) is 1.91. The quantitative estimate of drug-likeness (QED) is 0.854. The van der Waals surface area contributed by atoms with Gasteiger partial charge < -0.3 is 15.4 Å². The smallest absolute Gasteiger partial charge is 0.271 e. The molecule has 2 amide bonds. The predicted molar refractivity (Wildman–Crippen MR) is 80.7 cm³/mol. The van der Waals surface area contributed by atoms with Crippen molar-refractivity contribution in [1.82, 2.24) is 10.3 Å². The van der Waals surface area contributed by atoms with E-state index in [-0.39, 0.29) is 18.4 Å². The number of benzene rings is 1. The van der Waals surface area contributed by atoms with Crippen LogP contribution >= 0.6 is 11.3 Å². The van der Waals surface area contributed by atoms with Crippen molar-refractivity contribution in [2.24, 2.45) is 0 Å². The lowest BCUT2D eigenvalue weighted by Gasteiger charge is -2.07. The molecule has 0 bridgehead atoms. The van der Waals surface area contributed by atoms with E-state index in [1.54, 1.807) is 35.2 Å². The molecule has 0 radical (unpaired) electrons. The molecule has 0 unspecified atom stereocenters. The Kier molecular flexibility index (Phi) is 5.28. The third-order valence-electron chi connectivity index (χ3n) is 2.52. The average Bonchev–Trinajstić information content (AvgIpc) is 3.01. The fourth-order valence-electron chi connectivity index (χ4n) is 1.58. The summed E-state index contributed by atoms with van der Waals surface area (Å²) in [5.74, 6) is 0.0770. The maximum atomic E-state index is 11.7. The number of hydrogen-bond acceptors (Lipinski definition) is 5. The number of ether oxygens (including phenoxy) is 1. The molecule has 1 heterocycles. The first kappa shape index (κ1) is 15.0. The van der Waals surface area contributed by atoms with Crippen LogP contribution in [-0.2, 0) is 4.79 Å². The van der Waals surface area contributed by atoms with Crippen LogP contribution in [0.4, 0.5) is 5.69 Å². The molecule has 0 aliphatic carbocycles. The van der Waals surface area contributed by atoms with Gasteiger partial charge in [0.25, 0.3) is 5.91 Å². The molecule has 110 valence electrons. The van der Waals surface area contributed by atoms with Crippen LogP contribution in [-0.4, -0.2) is 29.9 Å². The van der Waals surface area contributed by atoms with Crippen molar-refractivity contribution < 1.29 is 14.3 Å². The minimum Gasteiger partial charge on any atom is -0.494 e. The van der Waals surface area contributed by atoms with Gasteiger partial charge in [-0.05, 0) is 31.2 Å². The first-order valence-electron chi connectivity index (χ1n) is 6.38. The van der Waals surface area contributed by atoms with Crippen LogP contribution < -0.4 is 15.4 Å². The number of nitrogens with one attached hydrogen (secondary N) is 2. The second kappa shape index (κ2) is 7.39. The zero-order chi connectivity index (χ0) is 15.1. The number of amides is 2. The summed E-state index contributed by atoms with van der Waals surface area (Å²) in [6.07, 6.45) is 0. The Balaban J connectivity index is 1.80. The number of nitrogens with zero attached hydrogens (tertiary/aromatic N) is 1. The van der Waals surface area contributed by atoms with Gasteiger partial charge in [0.05, 0.1) is 18.7 Å². The van der Waals surface area contributed by atoms with Gasteiger partial charge in [0.15, 0.2) is 0 Å². The van der Waals surface area contributed by atoms with Crippen molar-refractivity contribution in [3.8, 4) is 5.75 Å². The van der Waals surface area contributed by atoms with Gasteiger partial charge >= 0.3 is 0 Å². The number of thiazole rings is 1. The monoisotopic (exact) mass is 305 g/mol. The van der Waals surface area contributed by atoms with E-state index in [9.17, 15) is 9.59 Å². The van der Waals surface area contributed by atoms with Crippen LogP contribution in [0.5, 0.6) is 5.75 Å². The van der Waals surface area contributed by atoms with Crippen LogP contribution in [0, 0.1) is 0 Å². The third-order valence-corrected chi connectivity index (χ3v) is 3.11. The zero-order valence-electron chi connectivity index (χ0n) is 11.5. The first-order chi connectivity index (χ1) is 10.2. The lowest BCUT2D eigenvalue weighted by molar-refractivity contribution is -0.115. The molecule has 0 fully saturated rings. The molecule has 2 N–H and O–H groups in total. The van der Waals surface area contributed by atoms with Crippen molar-refractivity contribution >= 4 is 28.8 Å². The number of aromatic nitrogens is 1. The molecule has 7 heteroatoms. The summed E-state index contributed by atoms with van der Waals surface area (Å²) in [5.41, 5.74) is 2.52. The summed E-state index contributed by atoms with van der Waals surface area (Å²) < 4.78 is 5.31. The van der Waals surface area contributed by atoms with E-state index >= 15 is 0 Å². The highest BCUT2D eigenvalue weighted by atomic mass is 32.1. The molecule has 1 aromatic carbocycles. The molecule has 0 aliphatic rings. The minimum absolute atomic E-state index is 0.108. The molecule has 2 aromatic rings. The Labute approximate surface area is 126 Å². The van der Waals surface area contributed by atoms with E-state index in [4.69, 9.17) is 4.74 Å². The summed E-state index contributed by atoms with van der Waals surface area (Å²) >= 11 is 1.33. The van der Waals surface area contributed by atoms with E-state index in [0.717, 1.165) is 5.75 Å². The van der Waals surface area contributed by atoms with Crippen LogP contribution in [0.3, 0.4) is 0 Å². The minimum atomic E-state index is -0.363. The Morgan fingerprint density at radius 1 is 1.29 bits per heavy atom. The van der Waals surface area contributed by atoms with Gasteiger partial charge in [-0.1, -0.05) is 0 Å². The fraction of sp³-hybridized carbons (Fsp3) is 0.214. The van der Waals surface area contributed by atoms with Gasteiger partial charge in [-0.25, -0.2) is 4.98 Å². The van der Waals surface area contributed by atoms with Crippen molar-refractivity contribution in [1.29, 1.82) is 0 Å². The summed E-state index contributed by atoms with van der Waals surface area (Å²) in [6.45, 7) is 2.39. The molecule has 0 atom stereocenters. The van der Waals surface area contributed by atoms with Gasteiger partial charge in [0.1, 0.15) is 11.4 Å². The number of carbonyl (C=O) groups is 2. The molecule has 0 saturated carbocycles. The lowest BCUT2D eigenvalue weighted by atomic mass is 10.3. The maximum Gasteiger partial charge on any atom is 0.271 e. The number of rotatable bonds is 6. The molecular formula is C14H15N3O3S.